The van der Waals surface area contributed by atoms with Gasteiger partial charge in [0, 0.05) is 45.5 Å². The number of rotatable bonds is 10. The molecular formula is C27H33F2N7O4S. The molecule has 0 spiro atoms. The van der Waals surface area contributed by atoms with Crippen molar-refractivity contribution in [1.82, 2.24) is 24.0 Å². The van der Waals surface area contributed by atoms with Crippen LogP contribution in [0.5, 0.6) is 0 Å². The first-order valence-corrected chi connectivity index (χ1v) is 14.8. The van der Waals surface area contributed by atoms with Crippen molar-refractivity contribution in [3.8, 4) is 6.07 Å². The van der Waals surface area contributed by atoms with E-state index in [4.69, 9.17) is 0 Å². The monoisotopic (exact) mass is 589 g/mol. The minimum Gasteiger partial charge on any atom is -0.338 e. The molecular weight excluding hydrogens is 556 g/mol. The van der Waals surface area contributed by atoms with Crippen molar-refractivity contribution in [2.24, 2.45) is 0 Å². The molecule has 220 valence electrons. The molecule has 3 aromatic rings. The van der Waals surface area contributed by atoms with Gasteiger partial charge < -0.3 is 15.2 Å². The molecule has 1 fully saturated rings. The Labute approximate surface area is 236 Å². The van der Waals surface area contributed by atoms with Gasteiger partial charge in [-0.3, -0.25) is 14.3 Å². The summed E-state index contributed by atoms with van der Waals surface area (Å²) >= 11 is 0. The molecule has 0 radical (unpaired) electrons. The van der Waals surface area contributed by atoms with Crippen LogP contribution in [0.25, 0.3) is 10.9 Å². The number of piperidine rings is 1. The first-order chi connectivity index (χ1) is 19.3. The Balaban J connectivity index is 1.67. The van der Waals surface area contributed by atoms with E-state index in [1.54, 1.807) is 22.9 Å². The fourth-order valence-electron chi connectivity index (χ4n) is 5.07. The summed E-state index contributed by atoms with van der Waals surface area (Å²) in [4.78, 5) is 28.9. The third kappa shape index (κ3) is 5.96. The molecule has 2 N–H and O–H groups in total. The van der Waals surface area contributed by atoms with Crippen molar-refractivity contribution < 1.29 is 22.0 Å². The molecule has 3 heterocycles. The predicted molar refractivity (Wildman–Crippen MR) is 149 cm³/mol. The number of halogens is 2. The average Bonchev–Trinajstić information content (AvgIpc) is 3.31. The zero-order chi connectivity index (χ0) is 30.0. The summed E-state index contributed by atoms with van der Waals surface area (Å²) in [6.45, 7) is 2.95. The maximum Gasteiger partial charge on any atom is 0.322 e. The van der Waals surface area contributed by atoms with E-state index in [0.717, 1.165) is 17.7 Å². The van der Waals surface area contributed by atoms with Crippen LogP contribution in [0.3, 0.4) is 0 Å². The first kappa shape index (κ1) is 30.1. The van der Waals surface area contributed by atoms with Crippen molar-refractivity contribution in [2.75, 3.05) is 32.0 Å². The number of H-pyrrole nitrogens is 1. The zero-order valence-corrected chi connectivity index (χ0v) is 24.0. The van der Waals surface area contributed by atoms with Gasteiger partial charge in [0.25, 0.3) is 11.5 Å². The van der Waals surface area contributed by atoms with Crippen LogP contribution in [0.1, 0.15) is 46.0 Å². The number of unbranched alkanes of at least 4 members (excludes halogenated alkanes) is 1. The second-order valence-corrected chi connectivity index (χ2v) is 12.4. The second kappa shape index (κ2) is 11.6. The second-order valence-electron chi connectivity index (χ2n) is 10.4. The van der Waals surface area contributed by atoms with Crippen LogP contribution < -0.4 is 10.9 Å². The Hall–Kier alpha value is -3.83. The average molecular weight is 590 g/mol. The van der Waals surface area contributed by atoms with E-state index in [2.05, 4.69) is 21.5 Å². The van der Waals surface area contributed by atoms with Crippen LogP contribution in [-0.4, -0.2) is 70.9 Å². The largest absolute Gasteiger partial charge is 0.338 e. The molecule has 1 amide bonds. The van der Waals surface area contributed by atoms with Crippen LogP contribution in [-0.2, 0) is 20.4 Å². The van der Waals surface area contributed by atoms with Crippen molar-refractivity contribution in [2.45, 2.75) is 62.3 Å². The quantitative estimate of drug-likeness (QED) is 0.366. The topological polar surface area (TPSA) is 144 Å². The SMILES string of the molecule is CCCCN(C)S(=O)(=O)c1ccc(Nc2nn(C3(CC#N)CCN(C(=O)C(C)(F)F)CC3)c3cc[nH]c(=O)c23)cc1. The smallest absolute Gasteiger partial charge is 0.322 e. The van der Waals surface area contributed by atoms with E-state index < -0.39 is 33.0 Å². The minimum atomic E-state index is -3.66. The highest BCUT2D eigenvalue weighted by molar-refractivity contribution is 7.89. The van der Waals surface area contributed by atoms with Crippen LogP contribution in [0.2, 0.25) is 0 Å². The predicted octanol–water partition coefficient (Wildman–Crippen LogP) is 3.78. The van der Waals surface area contributed by atoms with Gasteiger partial charge in [-0.1, -0.05) is 13.3 Å². The lowest BCUT2D eigenvalue weighted by Gasteiger charge is -2.41. The number of alkyl halides is 2. The normalized spacial score (nSPS) is 15.7. The van der Waals surface area contributed by atoms with E-state index >= 15 is 0 Å². The number of sulfonamides is 1. The lowest BCUT2D eigenvalue weighted by Crippen LogP contribution is -2.51. The first-order valence-electron chi connectivity index (χ1n) is 13.3. The number of hydrogen-bond acceptors (Lipinski definition) is 7. The number of benzene rings is 1. The maximum atomic E-state index is 13.7. The number of likely N-dealkylation sites (tertiary alicyclic amines) is 1. The van der Waals surface area contributed by atoms with Gasteiger partial charge >= 0.3 is 5.92 Å². The van der Waals surface area contributed by atoms with E-state index in [-0.39, 0.29) is 48.5 Å². The highest BCUT2D eigenvalue weighted by Gasteiger charge is 2.44. The molecule has 2 aromatic heterocycles. The number of carbonyl (C=O) groups is 1. The van der Waals surface area contributed by atoms with Gasteiger partial charge in [-0.05, 0) is 49.6 Å². The Bertz CT molecular complexity index is 1610. The standard InChI is InChI=1S/C27H33F2N7O4S/c1-4-5-16-34(3)41(39,40)20-8-6-19(7-9-20)32-23-22-21(10-15-31-24(22)37)36(33-23)27(11-14-30)12-17-35(18-13-27)25(38)26(2,28)29/h6-10,15H,4-5,11-13,16-18H2,1-3H3,(H,31,37)(H,32,33). The summed E-state index contributed by atoms with van der Waals surface area (Å²) in [5.74, 6) is -4.58. The number of aromatic amines is 1. The third-order valence-electron chi connectivity index (χ3n) is 7.47. The third-order valence-corrected chi connectivity index (χ3v) is 9.34. The van der Waals surface area contributed by atoms with Gasteiger partial charge in [0.05, 0.1) is 28.4 Å². The molecule has 0 unspecified atom stereocenters. The fourth-order valence-corrected chi connectivity index (χ4v) is 6.28. The summed E-state index contributed by atoms with van der Waals surface area (Å²) in [6, 6.07) is 9.88. The van der Waals surface area contributed by atoms with Crippen LogP contribution in [0.15, 0.2) is 46.2 Å². The van der Waals surface area contributed by atoms with Gasteiger partial charge in [-0.15, -0.1) is 0 Å². The number of nitrogens with one attached hydrogen (secondary N) is 2. The van der Waals surface area contributed by atoms with Gasteiger partial charge in [-0.25, -0.2) is 12.7 Å². The molecule has 0 atom stereocenters. The van der Waals surface area contributed by atoms with Crippen molar-refractivity contribution in [1.29, 1.82) is 5.26 Å². The number of fused-ring (bicyclic) bond motifs is 1. The van der Waals surface area contributed by atoms with E-state index in [0.29, 0.717) is 24.7 Å². The zero-order valence-electron chi connectivity index (χ0n) is 23.2. The molecule has 1 aliphatic heterocycles. The lowest BCUT2D eigenvalue weighted by molar-refractivity contribution is -0.157. The van der Waals surface area contributed by atoms with Gasteiger partial charge in [0.2, 0.25) is 10.0 Å². The van der Waals surface area contributed by atoms with Crippen molar-refractivity contribution >= 4 is 38.3 Å². The molecule has 1 aromatic carbocycles. The molecule has 1 saturated heterocycles. The highest BCUT2D eigenvalue weighted by atomic mass is 32.2. The number of nitrogens with zero attached hydrogens (tertiary/aromatic N) is 5. The number of carbonyl (C=O) groups excluding carboxylic acids is 1. The summed E-state index contributed by atoms with van der Waals surface area (Å²) in [5, 5.41) is 17.6. The summed E-state index contributed by atoms with van der Waals surface area (Å²) in [6.07, 6.45) is 3.42. The van der Waals surface area contributed by atoms with Gasteiger partial charge in [0.15, 0.2) is 5.82 Å². The summed E-state index contributed by atoms with van der Waals surface area (Å²) in [7, 11) is -2.13. The van der Waals surface area contributed by atoms with E-state index in [1.165, 1.54) is 29.7 Å². The van der Waals surface area contributed by atoms with Crippen LogP contribution in [0, 0.1) is 11.3 Å². The molecule has 0 saturated carbocycles. The Morgan fingerprint density at radius 2 is 1.90 bits per heavy atom. The Morgan fingerprint density at radius 1 is 1.24 bits per heavy atom. The molecule has 0 bridgehead atoms. The summed E-state index contributed by atoms with van der Waals surface area (Å²) < 4.78 is 56.0. The highest BCUT2D eigenvalue weighted by Crippen LogP contribution is 2.38. The lowest BCUT2D eigenvalue weighted by atomic mass is 9.84. The van der Waals surface area contributed by atoms with E-state index in [1.807, 2.05) is 6.92 Å². The molecule has 11 nitrogen and oxygen atoms in total. The molecule has 41 heavy (non-hydrogen) atoms. The Morgan fingerprint density at radius 3 is 2.49 bits per heavy atom. The van der Waals surface area contributed by atoms with Crippen LogP contribution in [0.4, 0.5) is 20.3 Å². The molecule has 14 heteroatoms. The van der Waals surface area contributed by atoms with Crippen LogP contribution >= 0.6 is 0 Å². The molecule has 4 rings (SSSR count). The molecule has 1 aliphatic rings. The van der Waals surface area contributed by atoms with Gasteiger partial charge in [-0.2, -0.15) is 19.1 Å². The number of hydrogen-bond donors (Lipinski definition) is 2. The fraction of sp³-hybridized carbons (Fsp3) is 0.481. The number of aromatic nitrogens is 3. The van der Waals surface area contributed by atoms with Crippen molar-refractivity contribution in [3.05, 3.63) is 46.9 Å². The number of pyridine rings is 1. The maximum absolute atomic E-state index is 13.7. The van der Waals surface area contributed by atoms with Gasteiger partial charge in [0.1, 0.15) is 5.39 Å². The number of anilines is 2. The number of amides is 1. The number of nitriles is 1. The van der Waals surface area contributed by atoms with E-state index in [9.17, 15) is 32.0 Å². The molecule has 0 aliphatic carbocycles. The summed E-state index contributed by atoms with van der Waals surface area (Å²) in [5.41, 5.74) is -0.460. The Kier molecular flexibility index (Phi) is 8.51. The van der Waals surface area contributed by atoms with Crippen molar-refractivity contribution in [3.63, 3.8) is 0 Å². The minimum absolute atomic E-state index is 0.000111.